The lowest BCUT2D eigenvalue weighted by atomic mass is 10.1. The van der Waals surface area contributed by atoms with Gasteiger partial charge in [-0.1, -0.05) is 11.8 Å². The second-order valence-electron chi connectivity index (χ2n) is 5.03. The molecule has 0 amide bonds. The van der Waals surface area contributed by atoms with E-state index in [2.05, 4.69) is 14.9 Å². The first-order valence-electron chi connectivity index (χ1n) is 6.84. The van der Waals surface area contributed by atoms with Crippen LogP contribution in [-0.2, 0) is 4.74 Å². The Hall–Kier alpha value is -1.89. The van der Waals surface area contributed by atoms with Gasteiger partial charge in [-0.15, -0.1) is 0 Å². The molecule has 1 fully saturated rings. The predicted molar refractivity (Wildman–Crippen MR) is 84.4 cm³/mol. The molecule has 0 spiro atoms. The normalized spacial score (nSPS) is 19.7. The van der Waals surface area contributed by atoms with Crippen LogP contribution >= 0.6 is 11.8 Å². The number of ether oxygens (including phenoxy) is 1. The molecule has 1 aromatic rings. The van der Waals surface area contributed by atoms with Crippen LogP contribution in [0.2, 0.25) is 0 Å². The van der Waals surface area contributed by atoms with Crippen molar-refractivity contribution in [1.29, 1.82) is 10.8 Å². The number of rotatable bonds is 2. The van der Waals surface area contributed by atoms with Crippen LogP contribution in [0.4, 0.5) is 5.82 Å². The van der Waals surface area contributed by atoms with Crippen molar-refractivity contribution in [2.45, 2.75) is 24.7 Å². The number of nitrogens with zero attached hydrogens (tertiary/aromatic N) is 3. The minimum Gasteiger partial charge on any atom is -0.481 e. The van der Waals surface area contributed by atoms with Gasteiger partial charge in [0.2, 0.25) is 5.90 Å². The van der Waals surface area contributed by atoms with E-state index in [0.29, 0.717) is 16.2 Å². The van der Waals surface area contributed by atoms with Gasteiger partial charge in [0, 0.05) is 24.2 Å². The van der Waals surface area contributed by atoms with E-state index in [1.165, 1.54) is 31.7 Å². The molecule has 0 aliphatic carbocycles. The number of aromatic nitrogens is 2. The average molecular weight is 303 g/mol. The van der Waals surface area contributed by atoms with Crippen LogP contribution in [0.15, 0.2) is 16.8 Å². The molecule has 2 aliphatic rings. The molecule has 2 N–H and O–H groups in total. The summed E-state index contributed by atoms with van der Waals surface area (Å²) in [6, 6.07) is 0. The lowest BCUT2D eigenvalue weighted by Crippen LogP contribution is -2.20. The number of nitrogens with one attached hydrogen (secondary N) is 2. The topological polar surface area (TPSA) is 85.9 Å². The Kier molecular flexibility index (Phi) is 3.67. The maximum absolute atomic E-state index is 8.22. The molecule has 0 saturated carbocycles. The third-order valence-corrected chi connectivity index (χ3v) is 4.77. The third-order valence-electron chi connectivity index (χ3n) is 3.78. The molecule has 0 aromatic carbocycles. The number of hydrogen-bond acceptors (Lipinski definition) is 7. The van der Waals surface area contributed by atoms with Crippen LogP contribution in [0, 0.1) is 10.8 Å². The van der Waals surface area contributed by atoms with E-state index >= 15 is 0 Å². The van der Waals surface area contributed by atoms with Crippen molar-refractivity contribution in [3.8, 4) is 0 Å². The lowest BCUT2D eigenvalue weighted by Gasteiger charge is -2.18. The molecule has 3 rings (SSSR count). The SMILES string of the molecule is COC(=N)/C(C)=C1\C(=N)Sc2c1ncnc2N1CCCC1. The molecule has 1 saturated heterocycles. The Morgan fingerprint density at radius 3 is 2.71 bits per heavy atom. The van der Waals surface area contributed by atoms with Gasteiger partial charge in [-0.05, 0) is 19.8 Å². The fourth-order valence-corrected chi connectivity index (χ4v) is 3.75. The Labute approximate surface area is 127 Å². The van der Waals surface area contributed by atoms with Gasteiger partial charge in [0.1, 0.15) is 17.2 Å². The summed E-state index contributed by atoms with van der Waals surface area (Å²) < 4.78 is 4.98. The highest BCUT2D eigenvalue weighted by molar-refractivity contribution is 8.15. The summed E-state index contributed by atoms with van der Waals surface area (Å²) in [5, 5.41) is 16.5. The van der Waals surface area contributed by atoms with Crippen LogP contribution < -0.4 is 4.90 Å². The van der Waals surface area contributed by atoms with E-state index < -0.39 is 0 Å². The standard InChI is InChI=1S/C14H17N5OS/c1-8(12(15)20-2)9-10-11(21-13(9)16)14(18-7-17-10)19-5-3-4-6-19/h7,15-16H,3-6H2,1-2H3/b9-8-,15-12?,16-13?. The summed E-state index contributed by atoms with van der Waals surface area (Å²) in [4.78, 5) is 12.0. The first-order chi connectivity index (χ1) is 10.1. The zero-order valence-electron chi connectivity index (χ0n) is 12.1. The summed E-state index contributed by atoms with van der Waals surface area (Å²) in [5.41, 5.74) is 2.07. The quantitative estimate of drug-likeness (QED) is 0.648. The maximum Gasteiger partial charge on any atom is 0.209 e. The van der Waals surface area contributed by atoms with E-state index in [-0.39, 0.29) is 5.90 Å². The third kappa shape index (κ3) is 2.31. The minimum atomic E-state index is 0.0736. The molecule has 1 aromatic heterocycles. The van der Waals surface area contributed by atoms with Gasteiger partial charge >= 0.3 is 0 Å². The number of fused-ring (bicyclic) bond motifs is 1. The van der Waals surface area contributed by atoms with Crippen molar-refractivity contribution < 1.29 is 4.74 Å². The highest BCUT2D eigenvalue weighted by atomic mass is 32.2. The number of anilines is 1. The molecule has 2 aliphatic heterocycles. The zero-order chi connectivity index (χ0) is 15.0. The Morgan fingerprint density at radius 1 is 1.33 bits per heavy atom. The predicted octanol–water partition coefficient (Wildman–Crippen LogP) is 2.56. The first kappa shape index (κ1) is 14.1. The maximum atomic E-state index is 8.22. The summed E-state index contributed by atoms with van der Waals surface area (Å²) in [6.07, 6.45) is 3.91. The van der Waals surface area contributed by atoms with Crippen LogP contribution in [0.1, 0.15) is 25.5 Å². The Balaban J connectivity index is 2.10. The molecule has 3 heterocycles. The van der Waals surface area contributed by atoms with Gasteiger partial charge in [-0.25, -0.2) is 9.97 Å². The van der Waals surface area contributed by atoms with Crippen molar-refractivity contribution in [2.24, 2.45) is 0 Å². The van der Waals surface area contributed by atoms with Gasteiger partial charge in [0.05, 0.1) is 17.7 Å². The van der Waals surface area contributed by atoms with Crippen molar-refractivity contribution in [1.82, 2.24) is 9.97 Å². The number of hydrogen-bond donors (Lipinski definition) is 2. The molecule has 0 bridgehead atoms. The minimum absolute atomic E-state index is 0.0736. The van der Waals surface area contributed by atoms with Gasteiger partial charge in [-0.3, -0.25) is 10.8 Å². The largest absolute Gasteiger partial charge is 0.481 e. The summed E-state index contributed by atoms with van der Waals surface area (Å²) in [5.74, 6) is 0.989. The number of methoxy groups -OCH3 is 1. The van der Waals surface area contributed by atoms with Crippen molar-refractivity contribution >= 4 is 34.1 Å². The average Bonchev–Trinajstić information content (AvgIpc) is 3.11. The van der Waals surface area contributed by atoms with Gasteiger partial charge < -0.3 is 9.64 Å². The van der Waals surface area contributed by atoms with E-state index in [1.807, 2.05) is 0 Å². The molecule has 0 atom stereocenters. The molecule has 0 unspecified atom stereocenters. The fourth-order valence-electron chi connectivity index (χ4n) is 2.67. The van der Waals surface area contributed by atoms with Gasteiger partial charge in [0.15, 0.2) is 0 Å². The van der Waals surface area contributed by atoms with E-state index in [4.69, 9.17) is 15.6 Å². The molecule has 0 radical (unpaired) electrons. The van der Waals surface area contributed by atoms with E-state index in [0.717, 1.165) is 29.5 Å². The zero-order valence-corrected chi connectivity index (χ0v) is 12.9. The van der Waals surface area contributed by atoms with Gasteiger partial charge in [0.25, 0.3) is 0 Å². The Bertz CT molecular complexity index is 649. The van der Waals surface area contributed by atoms with Crippen molar-refractivity contribution in [3.63, 3.8) is 0 Å². The summed E-state index contributed by atoms with van der Waals surface area (Å²) in [7, 11) is 1.47. The molecule has 6 nitrogen and oxygen atoms in total. The smallest absolute Gasteiger partial charge is 0.209 e. The molecule has 7 heteroatoms. The molecular weight excluding hydrogens is 286 g/mol. The second-order valence-corrected chi connectivity index (χ2v) is 6.05. The van der Waals surface area contributed by atoms with Crippen LogP contribution in [0.25, 0.3) is 5.57 Å². The lowest BCUT2D eigenvalue weighted by molar-refractivity contribution is 0.400. The van der Waals surface area contributed by atoms with Crippen LogP contribution in [0.3, 0.4) is 0 Å². The van der Waals surface area contributed by atoms with Gasteiger partial charge in [-0.2, -0.15) is 0 Å². The van der Waals surface area contributed by atoms with Crippen molar-refractivity contribution in [2.75, 3.05) is 25.1 Å². The van der Waals surface area contributed by atoms with Crippen molar-refractivity contribution in [3.05, 3.63) is 17.6 Å². The molecule has 110 valence electrons. The number of thioether (sulfide) groups is 1. The van der Waals surface area contributed by atoms with Crippen LogP contribution in [-0.4, -0.2) is 41.1 Å². The van der Waals surface area contributed by atoms with E-state index in [9.17, 15) is 0 Å². The van der Waals surface area contributed by atoms with Crippen LogP contribution in [0.5, 0.6) is 0 Å². The highest BCUT2D eigenvalue weighted by Crippen LogP contribution is 2.45. The summed E-state index contributed by atoms with van der Waals surface area (Å²) in [6.45, 7) is 3.80. The Morgan fingerprint density at radius 2 is 2.05 bits per heavy atom. The monoisotopic (exact) mass is 303 g/mol. The highest BCUT2D eigenvalue weighted by Gasteiger charge is 2.32. The first-order valence-corrected chi connectivity index (χ1v) is 7.66. The van der Waals surface area contributed by atoms with E-state index in [1.54, 1.807) is 13.3 Å². The molecule has 21 heavy (non-hydrogen) atoms. The summed E-state index contributed by atoms with van der Waals surface area (Å²) >= 11 is 1.38. The fraction of sp³-hybridized carbons (Fsp3) is 0.429. The second kappa shape index (κ2) is 5.48. The molecular formula is C14H17N5OS.